The van der Waals surface area contributed by atoms with Crippen LogP contribution >= 0.6 is 0 Å². The van der Waals surface area contributed by atoms with E-state index >= 15 is 0 Å². The Morgan fingerprint density at radius 2 is 2.05 bits per heavy atom. The van der Waals surface area contributed by atoms with Gasteiger partial charge in [0, 0.05) is 6.54 Å². The fraction of sp³-hybridized carbons (Fsp3) is 0.429. The van der Waals surface area contributed by atoms with Crippen LogP contribution < -0.4 is 5.32 Å². The first-order valence-electron chi connectivity index (χ1n) is 6.83. The molecule has 0 bridgehead atoms. The molecule has 1 heterocycles. The minimum atomic E-state index is -0.517. The molecule has 21 heavy (non-hydrogen) atoms. The molecule has 1 aromatic carbocycles. The lowest BCUT2D eigenvalue weighted by atomic mass is 10.1. The topological polar surface area (TPSA) is 92.9 Å². The molecule has 0 spiro atoms. The maximum absolute atomic E-state index is 11.8. The number of aliphatic hydroxyl groups is 1. The molecule has 2 aromatic rings. The summed E-state index contributed by atoms with van der Waals surface area (Å²) >= 11 is 0. The summed E-state index contributed by atoms with van der Waals surface area (Å²) < 4.78 is 1.54. The summed E-state index contributed by atoms with van der Waals surface area (Å²) in [6.07, 6.45) is 1.27. The molecule has 0 aliphatic heterocycles. The number of nitrogens with zero attached hydrogens (tertiary/aromatic N) is 4. The number of tetrazole rings is 1. The Labute approximate surface area is 123 Å². The number of carbonyl (C=O) groups is 1. The standard InChI is InChI=1S/C14H19N5O2/c1-10(2)13(20)8-15-14(21)7-11-3-5-12(6-4-11)19-9-16-17-18-19/h3-6,9-10,13,20H,7-8H2,1-2H3,(H,15,21). The normalized spacial score (nSPS) is 12.4. The van der Waals surface area contributed by atoms with E-state index in [4.69, 9.17) is 0 Å². The number of rotatable bonds is 6. The van der Waals surface area contributed by atoms with Crippen LogP contribution in [0.5, 0.6) is 0 Å². The molecule has 112 valence electrons. The van der Waals surface area contributed by atoms with Crippen LogP contribution in [0.25, 0.3) is 5.69 Å². The minimum absolute atomic E-state index is 0.107. The van der Waals surface area contributed by atoms with Gasteiger partial charge in [0.15, 0.2) is 0 Å². The highest BCUT2D eigenvalue weighted by atomic mass is 16.3. The number of hydrogen-bond donors (Lipinski definition) is 2. The molecular weight excluding hydrogens is 270 g/mol. The van der Waals surface area contributed by atoms with Gasteiger partial charge in [0.05, 0.1) is 18.2 Å². The molecule has 0 aliphatic rings. The summed E-state index contributed by atoms with van der Waals surface area (Å²) in [5.41, 5.74) is 1.72. The van der Waals surface area contributed by atoms with Crippen LogP contribution in [-0.2, 0) is 11.2 Å². The lowest BCUT2D eigenvalue weighted by molar-refractivity contribution is -0.121. The Kier molecular flexibility index (Phi) is 4.99. The first-order valence-corrected chi connectivity index (χ1v) is 6.83. The molecule has 7 nitrogen and oxygen atoms in total. The lowest BCUT2D eigenvalue weighted by Crippen LogP contribution is -2.35. The number of nitrogens with one attached hydrogen (secondary N) is 1. The van der Waals surface area contributed by atoms with E-state index in [9.17, 15) is 9.90 Å². The van der Waals surface area contributed by atoms with Crippen LogP contribution in [0.1, 0.15) is 19.4 Å². The largest absolute Gasteiger partial charge is 0.391 e. The maximum atomic E-state index is 11.8. The van der Waals surface area contributed by atoms with Crippen molar-refractivity contribution in [3.05, 3.63) is 36.2 Å². The maximum Gasteiger partial charge on any atom is 0.224 e. The fourth-order valence-electron chi connectivity index (χ4n) is 1.75. The van der Waals surface area contributed by atoms with Gasteiger partial charge in [-0.2, -0.15) is 0 Å². The summed E-state index contributed by atoms with van der Waals surface area (Å²) in [5.74, 6) is 0.0192. The summed E-state index contributed by atoms with van der Waals surface area (Å²) in [7, 11) is 0. The monoisotopic (exact) mass is 289 g/mol. The Morgan fingerprint density at radius 1 is 1.33 bits per heavy atom. The van der Waals surface area contributed by atoms with Gasteiger partial charge in [0.2, 0.25) is 5.91 Å². The molecule has 2 rings (SSSR count). The highest BCUT2D eigenvalue weighted by Gasteiger charge is 2.11. The summed E-state index contributed by atoms with van der Waals surface area (Å²) in [6, 6.07) is 7.41. The molecular formula is C14H19N5O2. The van der Waals surface area contributed by atoms with Gasteiger partial charge >= 0.3 is 0 Å². The van der Waals surface area contributed by atoms with Gasteiger partial charge in [-0.15, -0.1) is 5.10 Å². The second-order valence-corrected chi connectivity index (χ2v) is 5.21. The summed E-state index contributed by atoms with van der Waals surface area (Å²) in [5, 5.41) is 23.3. The average Bonchev–Trinajstić information content (AvgIpc) is 2.99. The lowest BCUT2D eigenvalue weighted by Gasteiger charge is -2.15. The van der Waals surface area contributed by atoms with Gasteiger partial charge in [0.25, 0.3) is 0 Å². The minimum Gasteiger partial charge on any atom is -0.391 e. The highest BCUT2D eigenvalue weighted by Crippen LogP contribution is 2.08. The zero-order chi connectivity index (χ0) is 15.2. The van der Waals surface area contributed by atoms with E-state index in [0.29, 0.717) is 0 Å². The molecule has 0 saturated carbocycles. The van der Waals surface area contributed by atoms with Crippen LogP contribution in [0.4, 0.5) is 0 Å². The van der Waals surface area contributed by atoms with Gasteiger partial charge in [-0.05, 0) is 34.0 Å². The van der Waals surface area contributed by atoms with E-state index in [0.717, 1.165) is 11.3 Å². The molecule has 1 atom stereocenters. The van der Waals surface area contributed by atoms with Crippen molar-refractivity contribution in [1.29, 1.82) is 0 Å². The third kappa shape index (κ3) is 4.35. The van der Waals surface area contributed by atoms with E-state index in [1.165, 1.54) is 6.33 Å². The number of aliphatic hydroxyl groups excluding tert-OH is 1. The Morgan fingerprint density at radius 3 is 2.62 bits per heavy atom. The smallest absolute Gasteiger partial charge is 0.224 e. The van der Waals surface area contributed by atoms with Gasteiger partial charge in [-0.25, -0.2) is 4.68 Å². The van der Waals surface area contributed by atoms with Gasteiger partial charge in [-0.3, -0.25) is 4.79 Å². The second kappa shape index (κ2) is 6.94. The first-order chi connectivity index (χ1) is 10.1. The van der Waals surface area contributed by atoms with Crippen molar-refractivity contribution >= 4 is 5.91 Å². The third-order valence-electron chi connectivity index (χ3n) is 3.19. The Bertz CT molecular complexity index is 566. The number of aromatic nitrogens is 4. The third-order valence-corrected chi connectivity index (χ3v) is 3.19. The van der Waals surface area contributed by atoms with E-state index in [1.54, 1.807) is 4.68 Å². The molecule has 0 saturated heterocycles. The van der Waals surface area contributed by atoms with Crippen LogP contribution in [0.15, 0.2) is 30.6 Å². The van der Waals surface area contributed by atoms with Crippen LogP contribution in [0, 0.1) is 5.92 Å². The second-order valence-electron chi connectivity index (χ2n) is 5.21. The number of benzene rings is 1. The van der Waals surface area contributed by atoms with Crippen molar-refractivity contribution in [3.8, 4) is 5.69 Å². The Balaban J connectivity index is 1.87. The molecule has 0 radical (unpaired) electrons. The predicted molar refractivity (Wildman–Crippen MR) is 76.7 cm³/mol. The summed E-state index contributed by atoms with van der Waals surface area (Å²) in [4.78, 5) is 11.8. The van der Waals surface area contributed by atoms with Crippen LogP contribution in [-0.4, -0.2) is 43.9 Å². The fourth-order valence-corrected chi connectivity index (χ4v) is 1.75. The van der Waals surface area contributed by atoms with Crippen molar-refractivity contribution in [2.45, 2.75) is 26.4 Å². The van der Waals surface area contributed by atoms with Crippen molar-refractivity contribution in [2.24, 2.45) is 5.92 Å². The number of hydrogen-bond acceptors (Lipinski definition) is 5. The van der Waals surface area contributed by atoms with E-state index < -0.39 is 6.10 Å². The molecule has 0 fully saturated rings. The molecule has 0 aliphatic carbocycles. The zero-order valence-corrected chi connectivity index (χ0v) is 12.1. The van der Waals surface area contributed by atoms with Crippen LogP contribution in [0.2, 0.25) is 0 Å². The zero-order valence-electron chi connectivity index (χ0n) is 12.1. The quantitative estimate of drug-likeness (QED) is 0.800. The van der Waals surface area contributed by atoms with Crippen molar-refractivity contribution in [2.75, 3.05) is 6.54 Å². The van der Waals surface area contributed by atoms with Crippen LogP contribution in [0.3, 0.4) is 0 Å². The predicted octanol–water partition coefficient (Wildman–Crippen LogP) is 0.338. The van der Waals surface area contributed by atoms with Gasteiger partial charge in [0.1, 0.15) is 6.33 Å². The van der Waals surface area contributed by atoms with E-state index in [1.807, 2.05) is 38.1 Å². The molecule has 1 amide bonds. The molecule has 1 unspecified atom stereocenters. The Hall–Kier alpha value is -2.28. The molecule has 2 N–H and O–H groups in total. The average molecular weight is 289 g/mol. The van der Waals surface area contributed by atoms with E-state index in [-0.39, 0.29) is 24.8 Å². The first kappa shape index (κ1) is 15.1. The number of carbonyl (C=O) groups excluding carboxylic acids is 1. The summed E-state index contributed by atoms with van der Waals surface area (Å²) in [6.45, 7) is 4.10. The SMILES string of the molecule is CC(C)C(O)CNC(=O)Cc1ccc(-n2cnnn2)cc1. The van der Waals surface area contributed by atoms with Crippen molar-refractivity contribution in [1.82, 2.24) is 25.5 Å². The molecule has 7 heteroatoms. The van der Waals surface area contributed by atoms with Crippen molar-refractivity contribution in [3.63, 3.8) is 0 Å². The number of amides is 1. The molecule has 1 aromatic heterocycles. The van der Waals surface area contributed by atoms with Crippen molar-refractivity contribution < 1.29 is 9.90 Å². The van der Waals surface area contributed by atoms with Gasteiger partial charge < -0.3 is 10.4 Å². The van der Waals surface area contributed by atoms with E-state index in [2.05, 4.69) is 20.8 Å². The highest BCUT2D eigenvalue weighted by molar-refractivity contribution is 5.78. The van der Waals surface area contributed by atoms with Gasteiger partial charge in [-0.1, -0.05) is 26.0 Å².